The van der Waals surface area contributed by atoms with Crippen molar-refractivity contribution in [3.8, 4) is 0 Å². The van der Waals surface area contributed by atoms with Gasteiger partial charge in [0.15, 0.2) is 0 Å². The lowest BCUT2D eigenvalue weighted by Crippen LogP contribution is -2.52. The maximum Gasteiger partial charge on any atom is 0.223 e. The van der Waals surface area contributed by atoms with E-state index in [9.17, 15) is 4.79 Å². The van der Waals surface area contributed by atoms with Gasteiger partial charge >= 0.3 is 0 Å². The van der Waals surface area contributed by atoms with E-state index in [1.165, 1.54) is 32.1 Å². The van der Waals surface area contributed by atoms with Crippen molar-refractivity contribution in [2.45, 2.75) is 57.9 Å². The van der Waals surface area contributed by atoms with Crippen molar-refractivity contribution in [2.24, 2.45) is 40.5 Å². The van der Waals surface area contributed by atoms with Crippen LogP contribution in [0, 0.1) is 29.6 Å². The van der Waals surface area contributed by atoms with Crippen molar-refractivity contribution in [1.29, 1.82) is 0 Å². The summed E-state index contributed by atoms with van der Waals surface area (Å²) in [5, 5.41) is 14.8. The number of hydrogen-bond acceptors (Lipinski definition) is 3. The van der Waals surface area contributed by atoms with Gasteiger partial charge < -0.3 is 16.3 Å². The van der Waals surface area contributed by atoms with Crippen LogP contribution in [-0.2, 0) is 4.79 Å². The van der Waals surface area contributed by atoms with Crippen LogP contribution in [-0.4, -0.2) is 23.0 Å². The van der Waals surface area contributed by atoms with Crippen LogP contribution in [0.3, 0.4) is 0 Å². The number of nitrogens with zero attached hydrogens (tertiary/aromatic N) is 1. The molecule has 0 radical (unpaired) electrons. The number of nitrogens with two attached hydrogens (primary N) is 1. The first kappa shape index (κ1) is 14.7. The van der Waals surface area contributed by atoms with Crippen LogP contribution in [0.25, 0.3) is 0 Å². The summed E-state index contributed by atoms with van der Waals surface area (Å²) in [6.45, 7) is 2.02. The first-order valence-corrected chi connectivity index (χ1v) is 8.37. The van der Waals surface area contributed by atoms with Gasteiger partial charge in [-0.25, -0.2) is 0 Å². The Morgan fingerprint density at radius 3 is 2.29 bits per heavy atom. The fourth-order valence-electron chi connectivity index (χ4n) is 5.24. The SMILES string of the molecule is CCC(CC(N)=NO)NC(=O)C1C2CC3CC(C2)CC1C3. The Hall–Kier alpha value is -1.26. The molecule has 4 aliphatic carbocycles. The zero-order valence-electron chi connectivity index (χ0n) is 12.8. The summed E-state index contributed by atoms with van der Waals surface area (Å²) in [4.78, 5) is 12.7. The summed E-state index contributed by atoms with van der Waals surface area (Å²) in [6.07, 6.45) is 7.64. The second-order valence-electron chi connectivity index (χ2n) is 7.37. The van der Waals surface area contributed by atoms with Gasteiger partial charge in [0.2, 0.25) is 5.91 Å². The molecule has 5 heteroatoms. The minimum Gasteiger partial charge on any atom is -0.409 e. The summed E-state index contributed by atoms with van der Waals surface area (Å²) in [6, 6.07) is -0.0226. The number of oxime groups is 1. The Morgan fingerprint density at radius 1 is 1.24 bits per heavy atom. The molecule has 4 N–H and O–H groups in total. The molecule has 0 aromatic rings. The highest BCUT2D eigenvalue weighted by atomic mass is 16.4. The van der Waals surface area contributed by atoms with E-state index < -0.39 is 0 Å². The van der Waals surface area contributed by atoms with Gasteiger partial charge in [0.1, 0.15) is 5.84 Å². The third-order valence-electron chi connectivity index (χ3n) is 5.95. The molecule has 0 aromatic heterocycles. The lowest BCUT2D eigenvalue weighted by Gasteiger charge is -2.53. The molecule has 1 amide bonds. The molecule has 0 heterocycles. The van der Waals surface area contributed by atoms with Crippen LogP contribution in [0.1, 0.15) is 51.9 Å². The number of nitrogens with one attached hydrogen (secondary N) is 1. The third kappa shape index (κ3) is 2.87. The van der Waals surface area contributed by atoms with Crippen molar-refractivity contribution < 1.29 is 10.0 Å². The van der Waals surface area contributed by atoms with E-state index in [1.807, 2.05) is 6.92 Å². The van der Waals surface area contributed by atoms with Gasteiger partial charge in [-0.3, -0.25) is 4.79 Å². The van der Waals surface area contributed by atoms with Gasteiger partial charge in [-0.05, 0) is 62.2 Å². The molecule has 4 rings (SSSR count). The van der Waals surface area contributed by atoms with E-state index in [1.54, 1.807) is 0 Å². The van der Waals surface area contributed by atoms with Crippen LogP contribution in [0.15, 0.2) is 5.16 Å². The molecule has 4 fully saturated rings. The average Bonchev–Trinajstić information content (AvgIpc) is 2.45. The lowest BCUT2D eigenvalue weighted by molar-refractivity contribution is -0.138. The van der Waals surface area contributed by atoms with Gasteiger partial charge in [0, 0.05) is 18.4 Å². The molecular formula is C16H27N3O2. The van der Waals surface area contributed by atoms with E-state index in [0.29, 0.717) is 18.3 Å². The summed E-state index contributed by atoms with van der Waals surface area (Å²) >= 11 is 0. The van der Waals surface area contributed by atoms with Crippen molar-refractivity contribution in [3.63, 3.8) is 0 Å². The second kappa shape index (κ2) is 5.85. The Kier molecular flexibility index (Phi) is 4.09. The molecular weight excluding hydrogens is 266 g/mol. The summed E-state index contributed by atoms with van der Waals surface area (Å²) in [5.74, 6) is 3.57. The predicted octanol–water partition coefficient (Wildman–Crippen LogP) is 2.09. The monoisotopic (exact) mass is 293 g/mol. The molecule has 5 nitrogen and oxygen atoms in total. The molecule has 4 saturated carbocycles. The highest BCUT2D eigenvalue weighted by molar-refractivity contribution is 5.83. The largest absolute Gasteiger partial charge is 0.409 e. The van der Waals surface area contributed by atoms with E-state index >= 15 is 0 Å². The second-order valence-corrected chi connectivity index (χ2v) is 7.37. The zero-order chi connectivity index (χ0) is 15.0. The van der Waals surface area contributed by atoms with E-state index in [-0.39, 0.29) is 23.7 Å². The van der Waals surface area contributed by atoms with Crippen LogP contribution in [0.4, 0.5) is 0 Å². The molecule has 1 unspecified atom stereocenters. The third-order valence-corrected chi connectivity index (χ3v) is 5.95. The molecule has 118 valence electrons. The number of hydrogen-bond donors (Lipinski definition) is 3. The Labute approximate surface area is 126 Å². The van der Waals surface area contributed by atoms with Crippen molar-refractivity contribution in [1.82, 2.24) is 5.32 Å². The average molecular weight is 293 g/mol. The fraction of sp³-hybridized carbons (Fsp3) is 0.875. The Bertz CT molecular complexity index is 407. The molecule has 4 bridgehead atoms. The van der Waals surface area contributed by atoms with Crippen molar-refractivity contribution in [2.75, 3.05) is 0 Å². The van der Waals surface area contributed by atoms with Crippen molar-refractivity contribution >= 4 is 11.7 Å². The first-order chi connectivity index (χ1) is 10.1. The standard InChI is InChI=1S/C16H27N3O2/c1-2-13(8-14(17)19-21)18-16(20)15-11-4-9-3-10(6-11)7-12(15)5-9/h9-13,15,21H,2-8H2,1H3,(H2,17,19)(H,18,20). The van der Waals surface area contributed by atoms with Crippen LogP contribution >= 0.6 is 0 Å². The quantitative estimate of drug-likeness (QED) is 0.314. The maximum atomic E-state index is 12.7. The molecule has 1 atom stereocenters. The number of rotatable bonds is 5. The Morgan fingerprint density at radius 2 is 1.81 bits per heavy atom. The summed E-state index contributed by atoms with van der Waals surface area (Å²) in [5.41, 5.74) is 5.57. The number of amides is 1. The molecule has 0 saturated heterocycles. The van der Waals surface area contributed by atoms with Gasteiger partial charge in [-0.2, -0.15) is 0 Å². The number of amidine groups is 1. The first-order valence-electron chi connectivity index (χ1n) is 8.37. The van der Waals surface area contributed by atoms with Crippen molar-refractivity contribution in [3.05, 3.63) is 0 Å². The van der Waals surface area contributed by atoms with Crippen LogP contribution < -0.4 is 11.1 Å². The normalized spacial score (nSPS) is 39.3. The lowest BCUT2D eigenvalue weighted by atomic mass is 9.51. The topological polar surface area (TPSA) is 87.7 Å². The minimum atomic E-state index is -0.0226. The van der Waals surface area contributed by atoms with E-state index in [0.717, 1.165) is 18.3 Å². The molecule has 0 aliphatic heterocycles. The van der Waals surface area contributed by atoms with Gasteiger partial charge in [0.25, 0.3) is 0 Å². The van der Waals surface area contributed by atoms with E-state index in [4.69, 9.17) is 10.9 Å². The van der Waals surface area contributed by atoms with Gasteiger partial charge in [-0.1, -0.05) is 12.1 Å². The molecule has 0 spiro atoms. The number of carbonyl (C=O) groups is 1. The predicted molar refractivity (Wildman–Crippen MR) is 80.8 cm³/mol. The van der Waals surface area contributed by atoms with Gasteiger partial charge in [-0.15, -0.1) is 0 Å². The Balaban J connectivity index is 1.62. The number of carbonyl (C=O) groups excluding carboxylic acids is 1. The van der Waals surface area contributed by atoms with E-state index in [2.05, 4.69) is 10.5 Å². The smallest absolute Gasteiger partial charge is 0.223 e. The molecule has 21 heavy (non-hydrogen) atoms. The minimum absolute atomic E-state index is 0.0226. The maximum absolute atomic E-state index is 12.7. The fourth-order valence-corrected chi connectivity index (χ4v) is 5.24. The van der Waals surface area contributed by atoms with Crippen LogP contribution in [0.2, 0.25) is 0 Å². The zero-order valence-corrected chi connectivity index (χ0v) is 12.8. The highest BCUT2D eigenvalue weighted by Crippen LogP contribution is 2.56. The molecule has 4 aliphatic rings. The summed E-state index contributed by atoms with van der Waals surface area (Å²) in [7, 11) is 0. The summed E-state index contributed by atoms with van der Waals surface area (Å²) < 4.78 is 0. The molecule has 0 aromatic carbocycles. The highest BCUT2D eigenvalue weighted by Gasteiger charge is 2.50. The van der Waals surface area contributed by atoms with Crippen LogP contribution in [0.5, 0.6) is 0 Å². The van der Waals surface area contributed by atoms with Gasteiger partial charge in [0.05, 0.1) is 0 Å².